The van der Waals surface area contributed by atoms with E-state index in [2.05, 4.69) is 10.6 Å². The van der Waals surface area contributed by atoms with Gasteiger partial charge in [0.05, 0.1) is 6.61 Å². The van der Waals surface area contributed by atoms with E-state index in [1.165, 1.54) is 4.90 Å². The highest BCUT2D eigenvalue weighted by Crippen LogP contribution is 2.24. The van der Waals surface area contributed by atoms with Crippen LogP contribution >= 0.6 is 0 Å². The van der Waals surface area contributed by atoms with E-state index in [-0.39, 0.29) is 12.5 Å². The van der Waals surface area contributed by atoms with Gasteiger partial charge in [-0.2, -0.15) is 0 Å². The number of hydrogen-bond acceptors (Lipinski definition) is 5. The van der Waals surface area contributed by atoms with Gasteiger partial charge in [-0.3, -0.25) is 9.59 Å². The topological polar surface area (TPSA) is 108 Å². The third-order valence-corrected chi connectivity index (χ3v) is 4.21. The molecular weight excluding hydrogens is 398 g/mol. The molecule has 3 N–H and O–H groups in total. The van der Waals surface area contributed by atoms with E-state index < -0.39 is 41.8 Å². The molecule has 8 nitrogen and oxygen atoms in total. The van der Waals surface area contributed by atoms with Crippen LogP contribution in [0.5, 0.6) is 0 Å². The van der Waals surface area contributed by atoms with Crippen molar-refractivity contribution in [2.24, 2.45) is 0 Å². The molecule has 0 aliphatic carbocycles. The normalized spacial score (nSPS) is 13.7. The number of amides is 3. The Morgan fingerprint density at radius 1 is 1.13 bits per heavy atom. The highest BCUT2D eigenvalue weighted by molar-refractivity contribution is 5.92. The lowest BCUT2D eigenvalue weighted by Gasteiger charge is -2.35. The van der Waals surface area contributed by atoms with Gasteiger partial charge in [0.25, 0.3) is 0 Å². The lowest BCUT2D eigenvalue weighted by molar-refractivity contribution is -0.143. The van der Waals surface area contributed by atoms with Crippen molar-refractivity contribution in [3.05, 3.63) is 35.4 Å². The average Bonchev–Trinajstić information content (AvgIpc) is 2.60. The Labute approximate surface area is 185 Å². The summed E-state index contributed by atoms with van der Waals surface area (Å²) in [5, 5.41) is 15.1. The maximum atomic E-state index is 13.3. The Morgan fingerprint density at radius 2 is 1.74 bits per heavy atom. The maximum Gasteiger partial charge on any atom is 0.408 e. The van der Waals surface area contributed by atoms with Gasteiger partial charge in [-0.1, -0.05) is 29.8 Å². The summed E-state index contributed by atoms with van der Waals surface area (Å²) in [5.74, 6) is -0.923. The molecule has 1 rings (SSSR count). The van der Waals surface area contributed by atoms with Crippen LogP contribution in [0, 0.1) is 6.92 Å². The van der Waals surface area contributed by atoms with Crippen LogP contribution < -0.4 is 10.6 Å². The first-order valence-corrected chi connectivity index (χ1v) is 10.5. The number of hydrogen-bond donors (Lipinski definition) is 3. The van der Waals surface area contributed by atoms with Crippen molar-refractivity contribution in [2.45, 2.75) is 78.6 Å². The van der Waals surface area contributed by atoms with Crippen LogP contribution in [0.1, 0.15) is 65.6 Å². The number of likely N-dealkylation sites (N-methyl/N-ethyl adjacent to an activating group) is 1. The van der Waals surface area contributed by atoms with Crippen LogP contribution in [0.25, 0.3) is 0 Å². The summed E-state index contributed by atoms with van der Waals surface area (Å²) in [6.45, 7) is 13.9. The van der Waals surface area contributed by atoms with Crippen LogP contribution in [-0.4, -0.2) is 58.2 Å². The molecule has 0 fully saturated rings. The molecular formula is C23H37N3O5. The third kappa shape index (κ3) is 8.57. The Kier molecular flexibility index (Phi) is 9.05. The molecule has 0 saturated carbocycles. The SMILES string of the molecule is CCN(C(=O)C(CO)NC(=O)OC(C)(C)C)C(C(=O)NC(C)(C)C)c1cccc(C)c1. The number of carbonyl (C=O) groups excluding carboxylic acids is 3. The molecule has 0 heterocycles. The van der Waals surface area contributed by atoms with Crippen LogP contribution in [0.3, 0.4) is 0 Å². The molecule has 2 atom stereocenters. The highest BCUT2D eigenvalue weighted by atomic mass is 16.6. The minimum Gasteiger partial charge on any atom is -0.444 e. The second kappa shape index (κ2) is 10.6. The van der Waals surface area contributed by atoms with Crippen molar-refractivity contribution in [3.8, 4) is 0 Å². The standard InChI is InChI=1S/C23H37N3O5/c1-9-26(20(29)17(14-27)24-21(30)31-23(6,7)8)18(19(28)25-22(3,4)5)16-12-10-11-15(2)13-16/h10-13,17-18,27H,9,14H2,1-8H3,(H,24,30)(H,25,28). The number of benzene rings is 1. The number of rotatable bonds is 7. The van der Waals surface area contributed by atoms with Crippen molar-refractivity contribution < 1.29 is 24.2 Å². The monoisotopic (exact) mass is 435 g/mol. The Bertz CT molecular complexity index is 780. The first-order chi connectivity index (χ1) is 14.2. The summed E-state index contributed by atoms with van der Waals surface area (Å²) in [7, 11) is 0. The van der Waals surface area contributed by atoms with Crippen LogP contribution in [0.2, 0.25) is 0 Å². The van der Waals surface area contributed by atoms with Crippen molar-refractivity contribution in [1.29, 1.82) is 0 Å². The number of aryl methyl sites for hydroxylation is 1. The molecule has 0 aliphatic heterocycles. The van der Waals surface area contributed by atoms with Gasteiger partial charge in [0, 0.05) is 12.1 Å². The second-order valence-electron chi connectivity index (χ2n) is 9.56. The number of nitrogens with one attached hydrogen (secondary N) is 2. The second-order valence-corrected chi connectivity index (χ2v) is 9.56. The lowest BCUT2D eigenvalue weighted by Crippen LogP contribution is -2.55. The molecule has 8 heteroatoms. The fourth-order valence-electron chi connectivity index (χ4n) is 3.05. The zero-order valence-electron chi connectivity index (χ0n) is 19.9. The summed E-state index contributed by atoms with van der Waals surface area (Å²) in [6, 6.07) is 5.18. The van der Waals surface area contributed by atoms with Crippen molar-refractivity contribution in [2.75, 3.05) is 13.2 Å². The minimum atomic E-state index is -1.25. The molecule has 0 bridgehead atoms. The maximum absolute atomic E-state index is 13.3. The quantitative estimate of drug-likeness (QED) is 0.610. The number of aliphatic hydroxyl groups is 1. The molecule has 0 aromatic heterocycles. The largest absolute Gasteiger partial charge is 0.444 e. The van der Waals surface area contributed by atoms with Crippen LogP contribution in [0.15, 0.2) is 24.3 Å². The molecule has 0 spiro atoms. The summed E-state index contributed by atoms with van der Waals surface area (Å²) < 4.78 is 5.20. The predicted octanol–water partition coefficient (Wildman–Crippen LogP) is 2.68. The summed E-state index contributed by atoms with van der Waals surface area (Å²) in [5.41, 5.74) is 0.326. The van der Waals surface area contributed by atoms with Gasteiger partial charge < -0.3 is 25.4 Å². The van der Waals surface area contributed by atoms with Crippen molar-refractivity contribution in [3.63, 3.8) is 0 Å². The van der Waals surface area contributed by atoms with Gasteiger partial charge in [0.1, 0.15) is 17.7 Å². The van der Waals surface area contributed by atoms with Gasteiger partial charge in [0.15, 0.2) is 0 Å². The number of carbonyl (C=O) groups is 3. The molecule has 3 amide bonds. The van der Waals surface area contributed by atoms with E-state index in [0.717, 1.165) is 5.56 Å². The summed E-state index contributed by atoms with van der Waals surface area (Å²) in [4.78, 5) is 40.0. The number of nitrogens with zero attached hydrogens (tertiary/aromatic N) is 1. The average molecular weight is 436 g/mol. The zero-order chi connectivity index (χ0) is 24.0. The Balaban J connectivity index is 3.27. The van der Waals surface area contributed by atoms with E-state index in [1.54, 1.807) is 33.8 Å². The predicted molar refractivity (Wildman–Crippen MR) is 119 cm³/mol. The number of aliphatic hydroxyl groups excluding tert-OH is 1. The third-order valence-electron chi connectivity index (χ3n) is 4.21. The van der Waals surface area contributed by atoms with Gasteiger partial charge in [-0.15, -0.1) is 0 Å². The zero-order valence-corrected chi connectivity index (χ0v) is 19.9. The summed E-state index contributed by atoms with van der Waals surface area (Å²) >= 11 is 0. The summed E-state index contributed by atoms with van der Waals surface area (Å²) in [6.07, 6.45) is -0.817. The molecule has 0 saturated heterocycles. The first-order valence-electron chi connectivity index (χ1n) is 10.5. The minimum absolute atomic E-state index is 0.196. The van der Waals surface area contributed by atoms with Crippen LogP contribution in [-0.2, 0) is 14.3 Å². The van der Waals surface area contributed by atoms with Gasteiger partial charge in [-0.25, -0.2) is 4.79 Å². The van der Waals surface area contributed by atoms with Gasteiger partial charge in [0.2, 0.25) is 11.8 Å². The molecule has 0 aliphatic rings. The Morgan fingerprint density at radius 3 is 2.19 bits per heavy atom. The fourth-order valence-corrected chi connectivity index (χ4v) is 3.05. The number of ether oxygens (including phenoxy) is 1. The van der Waals surface area contributed by atoms with Gasteiger partial charge in [-0.05, 0) is 61.0 Å². The van der Waals surface area contributed by atoms with Crippen molar-refractivity contribution >= 4 is 17.9 Å². The fraction of sp³-hybridized carbons (Fsp3) is 0.609. The molecule has 2 unspecified atom stereocenters. The van der Waals surface area contributed by atoms with Crippen LogP contribution in [0.4, 0.5) is 4.79 Å². The Hall–Kier alpha value is -2.61. The van der Waals surface area contributed by atoms with E-state index >= 15 is 0 Å². The van der Waals surface area contributed by atoms with Gasteiger partial charge >= 0.3 is 6.09 Å². The highest BCUT2D eigenvalue weighted by Gasteiger charge is 2.36. The van der Waals surface area contributed by atoms with E-state index in [0.29, 0.717) is 5.56 Å². The molecule has 31 heavy (non-hydrogen) atoms. The van der Waals surface area contributed by atoms with E-state index in [1.807, 2.05) is 45.9 Å². The van der Waals surface area contributed by atoms with E-state index in [4.69, 9.17) is 4.74 Å². The molecule has 1 aromatic rings. The first kappa shape index (κ1) is 26.4. The van der Waals surface area contributed by atoms with E-state index in [9.17, 15) is 19.5 Å². The molecule has 174 valence electrons. The molecule has 1 aromatic carbocycles. The lowest BCUT2D eigenvalue weighted by atomic mass is 9.99. The number of alkyl carbamates (subject to hydrolysis) is 1. The van der Waals surface area contributed by atoms with Crippen molar-refractivity contribution in [1.82, 2.24) is 15.5 Å². The molecule has 0 radical (unpaired) electrons. The smallest absolute Gasteiger partial charge is 0.408 e.